The van der Waals surface area contributed by atoms with Crippen molar-refractivity contribution in [2.75, 3.05) is 5.75 Å². The molecule has 0 spiro atoms. The minimum absolute atomic E-state index is 0.0814. The number of fused-ring (bicyclic) bond motifs is 1. The molecule has 0 aliphatic carbocycles. The third-order valence-electron chi connectivity index (χ3n) is 2.69. The number of benzene rings is 1. The first-order valence-electron chi connectivity index (χ1n) is 5.52. The van der Waals surface area contributed by atoms with Crippen LogP contribution in [-0.4, -0.2) is 10.3 Å². The molecule has 0 atom stereocenters. The van der Waals surface area contributed by atoms with E-state index in [9.17, 15) is 4.79 Å². The number of unbranched alkanes of at least 4 members (excludes halogenated alkanes) is 1. The van der Waals surface area contributed by atoms with Crippen LogP contribution in [0.1, 0.15) is 12.8 Å². The molecule has 0 saturated heterocycles. The van der Waals surface area contributed by atoms with E-state index in [1.165, 1.54) is 0 Å². The highest BCUT2D eigenvalue weighted by molar-refractivity contribution is 7.80. The maximum absolute atomic E-state index is 11.8. The van der Waals surface area contributed by atoms with Crippen molar-refractivity contribution < 1.29 is 0 Å². The van der Waals surface area contributed by atoms with E-state index in [-0.39, 0.29) is 5.56 Å². The van der Waals surface area contributed by atoms with E-state index >= 15 is 0 Å². The highest BCUT2D eigenvalue weighted by atomic mass is 32.1. The van der Waals surface area contributed by atoms with Crippen LogP contribution in [0.3, 0.4) is 0 Å². The van der Waals surface area contributed by atoms with Crippen molar-refractivity contribution in [3.05, 3.63) is 46.8 Å². The Morgan fingerprint density at radius 2 is 1.88 bits per heavy atom. The van der Waals surface area contributed by atoms with E-state index in [1.807, 2.05) is 34.9 Å². The van der Waals surface area contributed by atoms with Crippen molar-refractivity contribution in [3.8, 4) is 0 Å². The highest BCUT2D eigenvalue weighted by Crippen LogP contribution is 2.11. The summed E-state index contributed by atoms with van der Waals surface area (Å²) >= 11 is 4.18. The molecule has 2 nitrogen and oxygen atoms in total. The molecular formula is C13H15NOS. The summed E-state index contributed by atoms with van der Waals surface area (Å²) in [6.07, 6.45) is 2.04. The van der Waals surface area contributed by atoms with Gasteiger partial charge in [-0.3, -0.25) is 4.79 Å². The Morgan fingerprint density at radius 3 is 2.69 bits per heavy atom. The molecular weight excluding hydrogens is 218 g/mol. The van der Waals surface area contributed by atoms with Crippen LogP contribution in [-0.2, 0) is 6.54 Å². The molecule has 0 radical (unpaired) electrons. The van der Waals surface area contributed by atoms with Crippen molar-refractivity contribution in [2.24, 2.45) is 0 Å². The third-order valence-corrected chi connectivity index (χ3v) is 3.01. The molecule has 84 valence electrons. The quantitative estimate of drug-likeness (QED) is 0.636. The monoisotopic (exact) mass is 233 g/mol. The van der Waals surface area contributed by atoms with Gasteiger partial charge in [0.1, 0.15) is 0 Å². The lowest BCUT2D eigenvalue weighted by molar-refractivity contribution is 0.635. The molecule has 0 aliphatic heterocycles. The molecule has 2 aromatic rings. The van der Waals surface area contributed by atoms with Gasteiger partial charge in [-0.25, -0.2) is 0 Å². The molecule has 0 N–H and O–H groups in total. The van der Waals surface area contributed by atoms with Gasteiger partial charge in [0.15, 0.2) is 0 Å². The van der Waals surface area contributed by atoms with Gasteiger partial charge < -0.3 is 4.57 Å². The Hall–Kier alpha value is -1.22. The van der Waals surface area contributed by atoms with Crippen LogP contribution in [0.5, 0.6) is 0 Å². The lowest BCUT2D eigenvalue weighted by atomic mass is 10.2. The number of para-hydroxylation sites is 1. The standard InChI is InChI=1S/C13H15NOS/c15-13-8-7-11-5-1-2-6-12(11)14(13)9-3-4-10-16/h1-2,5-8,16H,3-4,9-10H2. The first-order valence-corrected chi connectivity index (χ1v) is 6.15. The van der Waals surface area contributed by atoms with Crippen LogP contribution in [0.15, 0.2) is 41.2 Å². The molecule has 0 fully saturated rings. The second kappa shape index (κ2) is 5.21. The summed E-state index contributed by atoms with van der Waals surface area (Å²) in [5, 5.41) is 1.12. The lowest BCUT2D eigenvalue weighted by Gasteiger charge is -2.09. The molecule has 2 rings (SSSR count). The number of thiol groups is 1. The van der Waals surface area contributed by atoms with E-state index in [0.29, 0.717) is 0 Å². The van der Waals surface area contributed by atoms with E-state index in [2.05, 4.69) is 12.6 Å². The molecule has 1 aromatic heterocycles. The molecule has 0 unspecified atom stereocenters. The van der Waals surface area contributed by atoms with Crippen LogP contribution in [0.2, 0.25) is 0 Å². The molecule has 0 aliphatic rings. The molecule has 0 bridgehead atoms. The Labute approximate surface area is 100 Å². The van der Waals surface area contributed by atoms with Gasteiger partial charge in [-0.2, -0.15) is 12.6 Å². The third kappa shape index (κ3) is 2.30. The number of rotatable bonds is 4. The zero-order chi connectivity index (χ0) is 11.4. The molecule has 0 saturated carbocycles. The molecule has 1 heterocycles. The van der Waals surface area contributed by atoms with Gasteiger partial charge in [-0.15, -0.1) is 0 Å². The average molecular weight is 233 g/mol. The van der Waals surface area contributed by atoms with Crippen molar-refractivity contribution >= 4 is 23.5 Å². The fraction of sp³-hybridized carbons (Fsp3) is 0.308. The average Bonchev–Trinajstić information content (AvgIpc) is 2.32. The van der Waals surface area contributed by atoms with Crippen molar-refractivity contribution in [1.29, 1.82) is 0 Å². The number of pyridine rings is 1. The predicted octanol–water partition coefficient (Wildman–Crippen LogP) is 2.71. The summed E-state index contributed by atoms with van der Waals surface area (Å²) < 4.78 is 1.85. The first kappa shape index (κ1) is 11.3. The predicted molar refractivity (Wildman–Crippen MR) is 71.3 cm³/mol. The van der Waals surface area contributed by atoms with Gasteiger partial charge in [0.25, 0.3) is 5.56 Å². The molecule has 16 heavy (non-hydrogen) atoms. The topological polar surface area (TPSA) is 22.0 Å². The fourth-order valence-electron chi connectivity index (χ4n) is 1.86. The summed E-state index contributed by atoms with van der Waals surface area (Å²) in [7, 11) is 0. The minimum atomic E-state index is 0.0814. The Bertz CT molecular complexity index is 533. The maximum Gasteiger partial charge on any atom is 0.251 e. The number of hydrogen-bond donors (Lipinski definition) is 1. The Kier molecular flexibility index (Phi) is 3.67. The second-order valence-corrected chi connectivity index (χ2v) is 4.26. The summed E-state index contributed by atoms with van der Waals surface area (Å²) in [6, 6.07) is 11.5. The summed E-state index contributed by atoms with van der Waals surface area (Å²) in [5.41, 5.74) is 1.10. The second-order valence-electron chi connectivity index (χ2n) is 3.81. The normalized spacial score (nSPS) is 10.8. The van der Waals surface area contributed by atoms with Gasteiger partial charge in [0.05, 0.1) is 5.52 Å². The Morgan fingerprint density at radius 1 is 1.06 bits per heavy atom. The van der Waals surface area contributed by atoms with E-state index < -0.39 is 0 Å². The van der Waals surface area contributed by atoms with Crippen LogP contribution in [0.4, 0.5) is 0 Å². The van der Waals surface area contributed by atoms with Gasteiger partial charge in [0, 0.05) is 12.6 Å². The van der Waals surface area contributed by atoms with E-state index in [4.69, 9.17) is 0 Å². The summed E-state index contributed by atoms with van der Waals surface area (Å²) in [6.45, 7) is 0.779. The number of aromatic nitrogens is 1. The summed E-state index contributed by atoms with van der Waals surface area (Å²) in [5.74, 6) is 0.875. The van der Waals surface area contributed by atoms with E-state index in [0.717, 1.165) is 36.0 Å². The number of aryl methyl sites for hydroxylation is 1. The summed E-state index contributed by atoms with van der Waals surface area (Å²) in [4.78, 5) is 11.8. The largest absolute Gasteiger partial charge is 0.308 e. The smallest absolute Gasteiger partial charge is 0.251 e. The van der Waals surface area contributed by atoms with Gasteiger partial charge >= 0.3 is 0 Å². The maximum atomic E-state index is 11.8. The zero-order valence-electron chi connectivity index (χ0n) is 9.10. The van der Waals surface area contributed by atoms with Crippen LogP contribution in [0.25, 0.3) is 10.9 Å². The van der Waals surface area contributed by atoms with Crippen molar-refractivity contribution in [2.45, 2.75) is 19.4 Å². The van der Waals surface area contributed by atoms with Crippen molar-refractivity contribution in [3.63, 3.8) is 0 Å². The van der Waals surface area contributed by atoms with Gasteiger partial charge in [-0.1, -0.05) is 18.2 Å². The van der Waals surface area contributed by atoms with Crippen LogP contribution in [0, 0.1) is 0 Å². The van der Waals surface area contributed by atoms with Crippen molar-refractivity contribution in [1.82, 2.24) is 4.57 Å². The van der Waals surface area contributed by atoms with Gasteiger partial charge in [-0.05, 0) is 36.1 Å². The highest BCUT2D eigenvalue weighted by Gasteiger charge is 2.01. The lowest BCUT2D eigenvalue weighted by Crippen LogP contribution is -2.19. The molecule has 0 amide bonds. The molecule has 3 heteroatoms. The van der Waals surface area contributed by atoms with E-state index in [1.54, 1.807) is 6.07 Å². The SMILES string of the molecule is O=c1ccc2ccccc2n1CCCCS. The van der Waals surface area contributed by atoms with Crippen LogP contribution >= 0.6 is 12.6 Å². The first-order chi connectivity index (χ1) is 7.83. The molecule has 1 aromatic carbocycles. The number of hydrogen-bond acceptors (Lipinski definition) is 2. The fourth-order valence-corrected chi connectivity index (χ4v) is 2.08. The van der Waals surface area contributed by atoms with Gasteiger partial charge in [0.2, 0.25) is 0 Å². The zero-order valence-corrected chi connectivity index (χ0v) is 9.99. The van der Waals surface area contributed by atoms with Crippen LogP contribution < -0.4 is 5.56 Å². The Balaban J connectivity index is 2.41. The number of nitrogens with zero attached hydrogens (tertiary/aromatic N) is 1. The minimum Gasteiger partial charge on any atom is -0.308 e.